The molecule has 1 aromatic rings. The maximum Gasteiger partial charge on any atom is 0.306 e. The highest BCUT2D eigenvalue weighted by Gasteiger charge is 2.10. The third-order valence-corrected chi connectivity index (χ3v) is 2.22. The molecule has 0 aromatic carbocycles. The molecule has 0 spiro atoms. The number of ether oxygens (including phenoxy) is 1. The summed E-state index contributed by atoms with van der Waals surface area (Å²) in [4.78, 5) is 22.6. The average molecular weight is 239 g/mol. The molecule has 0 radical (unpaired) electrons. The number of nitrogens with one attached hydrogen (secondary N) is 2. The fourth-order valence-corrected chi connectivity index (χ4v) is 1.34. The predicted molar refractivity (Wildman–Crippen MR) is 62.5 cm³/mol. The third-order valence-electron chi connectivity index (χ3n) is 2.22. The number of hydrogen-bond acceptors (Lipinski definition) is 4. The molecule has 94 valence electrons. The highest BCUT2D eigenvalue weighted by Crippen LogP contribution is 2.11. The van der Waals surface area contributed by atoms with Crippen LogP contribution in [0.1, 0.15) is 32.3 Å². The van der Waals surface area contributed by atoms with Crippen molar-refractivity contribution in [3.8, 4) is 0 Å². The molecular weight excluding hydrogens is 222 g/mol. The number of carbonyl (C=O) groups excluding carboxylic acids is 2. The summed E-state index contributed by atoms with van der Waals surface area (Å²) >= 11 is 0. The van der Waals surface area contributed by atoms with Crippen LogP contribution in [-0.2, 0) is 20.7 Å². The van der Waals surface area contributed by atoms with Crippen molar-refractivity contribution in [1.29, 1.82) is 0 Å². The Kier molecular flexibility index (Phi) is 5.19. The summed E-state index contributed by atoms with van der Waals surface area (Å²) in [5, 5.41) is 9.22. The van der Waals surface area contributed by atoms with E-state index in [9.17, 15) is 9.59 Å². The van der Waals surface area contributed by atoms with Crippen LogP contribution in [0.15, 0.2) is 6.20 Å². The maximum absolute atomic E-state index is 11.5. The first-order valence-corrected chi connectivity index (χ1v) is 5.65. The number of esters is 1. The standard InChI is InChI=1S/C11H17N3O3/c1-3-8-7-12-14-11(8)13-9(15)5-6-10(16)17-4-2/h7H,3-6H2,1-2H3,(H2,12,13,14,15). The molecule has 0 fully saturated rings. The van der Waals surface area contributed by atoms with E-state index in [1.165, 1.54) is 0 Å². The predicted octanol–water partition coefficient (Wildman–Crippen LogP) is 1.25. The minimum Gasteiger partial charge on any atom is -0.466 e. The second kappa shape index (κ2) is 6.67. The van der Waals surface area contributed by atoms with Crippen molar-refractivity contribution < 1.29 is 14.3 Å². The van der Waals surface area contributed by atoms with E-state index < -0.39 is 0 Å². The molecule has 1 heterocycles. The van der Waals surface area contributed by atoms with E-state index in [2.05, 4.69) is 15.5 Å². The molecule has 17 heavy (non-hydrogen) atoms. The molecule has 0 unspecified atom stereocenters. The van der Waals surface area contributed by atoms with Gasteiger partial charge in [-0.05, 0) is 13.3 Å². The van der Waals surface area contributed by atoms with Gasteiger partial charge in [0.05, 0.1) is 19.2 Å². The van der Waals surface area contributed by atoms with Gasteiger partial charge in [0.2, 0.25) is 5.91 Å². The molecule has 0 aliphatic heterocycles. The van der Waals surface area contributed by atoms with Gasteiger partial charge in [-0.1, -0.05) is 6.92 Å². The van der Waals surface area contributed by atoms with Gasteiger partial charge in [0, 0.05) is 12.0 Å². The van der Waals surface area contributed by atoms with Crippen LogP contribution in [0.4, 0.5) is 5.82 Å². The van der Waals surface area contributed by atoms with E-state index in [4.69, 9.17) is 4.74 Å². The van der Waals surface area contributed by atoms with Crippen molar-refractivity contribution in [1.82, 2.24) is 10.2 Å². The Bertz CT molecular complexity index is 387. The van der Waals surface area contributed by atoms with Crippen LogP contribution >= 0.6 is 0 Å². The van der Waals surface area contributed by atoms with Crippen LogP contribution in [-0.4, -0.2) is 28.7 Å². The van der Waals surface area contributed by atoms with Crippen molar-refractivity contribution in [3.63, 3.8) is 0 Å². The Labute approximate surface area is 99.7 Å². The Morgan fingerprint density at radius 1 is 1.41 bits per heavy atom. The average Bonchev–Trinajstić information content (AvgIpc) is 2.74. The van der Waals surface area contributed by atoms with Crippen molar-refractivity contribution in [2.45, 2.75) is 33.1 Å². The fraction of sp³-hybridized carbons (Fsp3) is 0.545. The zero-order valence-corrected chi connectivity index (χ0v) is 10.1. The Balaban J connectivity index is 2.37. The lowest BCUT2D eigenvalue weighted by Gasteiger charge is -2.04. The Hall–Kier alpha value is -1.85. The zero-order chi connectivity index (χ0) is 12.7. The van der Waals surface area contributed by atoms with Gasteiger partial charge in [0.1, 0.15) is 5.82 Å². The van der Waals surface area contributed by atoms with Gasteiger partial charge >= 0.3 is 5.97 Å². The van der Waals surface area contributed by atoms with Crippen LogP contribution in [0.25, 0.3) is 0 Å². The van der Waals surface area contributed by atoms with E-state index in [0.717, 1.165) is 12.0 Å². The smallest absolute Gasteiger partial charge is 0.306 e. The number of amides is 1. The van der Waals surface area contributed by atoms with Crippen molar-refractivity contribution in [2.24, 2.45) is 0 Å². The minimum atomic E-state index is -0.358. The topological polar surface area (TPSA) is 84.1 Å². The van der Waals surface area contributed by atoms with Crippen LogP contribution in [0.2, 0.25) is 0 Å². The van der Waals surface area contributed by atoms with Gasteiger partial charge in [-0.15, -0.1) is 0 Å². The molecule has 0 saturated heterocycles. The lowest BCUT2D eigenvalue weighted by molar-refractivity contribution is -0.144. The molecule has 0 bridgehead atoms. The summed E-state index contributed by atoms with van der Waals surface area (Å²) in [5.74, 6) is 0.0151. The van der Waals surface area contributed by atoms with E-state index in [1.807, 2.05) is 6.92 Å². The van der Waals surface area contributed by atoms with Crippen molar-refractivity contribution >= 4 is 17.7 Å². The molecule has 2 N–H and O–H groups in total. The van der Waals surface area contributed by atoms with E-state index >= 15 is 0 Å². The molecule has 0 aliphatic rings. The number of hydrogen-bond donors (Lipinski definition) is 2. The Morgan fingerprint density at radius 3 is 2.82 bits per heavy atom. The summed E-state index contributed by atoms with van der Waals surface area (Å²) in [7, 11) is 0. The SMILES string of the molecule is CCOC(=O)CCC(=O)Nc1[nH]ncc1CC. The number of carbonyl (C=O) groups is 2. The van der Waals surface area contributed by atoms with Crippen molar-refractivity contribution in [3.05, 3.63) is 11.8 Å². The molecular formula is C11H17N3O3. The van der Waals surface area contributed by atoms with Gasteiger partial charge in [-0.3, -0.25) is 14.7 Å². The third kappa shape index (κ3) is 4.26. The first kappa shape index (κ1) is 13.2. The summed E-state index contributed by atoms with van der Waals surface area (Å²) in [5.41, 5.74) is 0.939. The number of nitrogens with zero attached hydrogens (tertiary/aromatic N) is 1. The number of rotatable bonds is 6. The highest BCUT2D eigenvalue weighted by atomic mass is 16.5. The van der Waals surface area contributed by atoms with E-state index in [0.29, 0.717) is 12.4 Å². The van der Waals surface area contributed by atoms with Gasteiger partial charge in [0.25, 0.3) is 0 Å². The normalized spacial score (nSPS) is 10.0. The number of anilines is 1. The molecule has 0 aliphatic carbocycles. The largest absolute Gasteiger partial charge is 0.466 e. The number of H-pyrrole nitrogens is 1. The summed E-state index contributed by atoms with van der Waals surface area (Å²) in [6.07, 6.45) is 2.65. The van der Waals surface area contributed by atoms with Gasteiger partial charge in [0.15, 0.2) is 0 Å². The quantitative estimate of drug-likeness (QED) is 0.732. The molecule has 0 atom stereocenters. The van der Waals surface area contributed by atoms with Crippen LogP contribution < -0.4 is 5.32 Å². The monoisotopic (exact) mass is 239 g/mol. The highest BCUT2D eigenvalue weighted by molar-refractivity contribution is 5.92. The van der Waals surface area contributed by atoms with E-state index in [1.54, 1.807) is 13.1 Å². The van der Waals surface area contributed by atoms with Gasteiger partial charge in [-0.25, -0.2) is 0 Å². The fourth-order valence-electron chi connectivity index (χ4n) is 1.34. The lowest BCUT2D eigenvalue weighted by Crippen LogP contribution is -2.15. The lowest BCUT2D eigenvalue weighted by atomic mass is 10.2. The summed E-state index contributed by atoms with van der Waals surface area (Å²) < 4.78 is 4.73. The number of aromatic amines is 1. The first-order chi connectivity index (χ1) is 8.17. The first-order valence-electron chi connectivity index (χ1n) is 5.65. The number of aromatic nitrogens is 2. The maximum atomic E-state index is 11.5. The second-order valence-electron chi connectivity index (χ2n) is 3.48. The minimum absolute atomic E-state index is 0.0925. The molecule has 6 nitrogen and oxygen atoms in total. The molecule has 1 rings (SSSR count). The zero-order valence-electron chi connectivity index (χ0n) is 10.1. The van der Waals surface area contributed by atoms with Gasteiger partial charge in [-0.2, -0.15) is 5.10 Å². The van der Waals surface area contributed by atoms with Crippen LogP contribution in [0, 0.1) is 0 Å². The molecule has 6 heteroatoms. The van der Waals surface area contributed by atoms with Gasteiger partial charge < -0.3 is 10.1 Å². The number of aryl methyl sites for hydroxylation is 1. The molecule has 1 aromatic heterocycles. The molecule has 1 amide bonds. The summed E-state index contributed by atoms with van der Waals surface area (Å²) in [6.45, 7) is 4.04. The van der Waals surface area contributed by atoms with E-state index in [-0.39, 0.29) is 24.7 Å². The molecule has 0 saturated carbocycles. The Morgan fingerprint density at radius 2 is 2.18 bits per heavy atom. The summed E-state index contributed by atoms with van der Waals surface area (Å²) in [6, 6.07) is 0. The van der Waals surface area contributed by atoms with Crippen LogP contribution in [0.3, 0.4) is 0 Å². The van der Waals surface area contributed by atoms with Crippen molar-refractivity contribution in [2.75, 3.05) is 11.9 Å². The van der Waals surface area contributed by atoms with Crippen LogP contribution in [0.5, 0.6) is 0 Å². The second-order valence-corrected chi connectivity index (χ2v) is 3.48.